The fourth-order valence-electron chi connectivity index (χ4n) is 9.01. The van der Waals surface area contributed by atoms with Gasteiger partial charge in [0.15, 0.2) is 6.23 Å². The van der Waals surface area contributed by atoms with Gasteiger partial charge in [0.1, 0.15) is 36.4 Å². The van der Waals surface area contributed by atoms with Crippen LogP contribution in [0.2, 0.25) is 0 Å². The van der Waals surface area contributed by atoms with E-state index in [4.69, 9.17) is 32.8 Å². The van der Waals surface area contributed by atoms with Crippen molar-refractivity contribution in [3.8, 4) is 17.6 Å². The molecule has 0 amide bonds. The average Bonchev–Trinajstić information content (AvgIpc) is 3.38. The number of rotatable bonds is 24. The zero-order valence-corrected chi connectivity index (χ0v) is 41.6. The number of nitriles is 1. The predicted octanol–water partition coefficient (Wildman–Crippen LogP) is 10.7. The Hall–Kier alpha value is -6.95. The first kappa shape index (κ1) is 50.4. The smallest absolute Gasteiger partial charge is 0.330 e. The molecule has 7 aromatic carbocycles. The van der Waals surface area contributed by atoms with E-state index in [9.17, 15) is 14.9 Å². The molecule has 15 heteroatoms. The van der Waals surface area contributed by atoms with Gasteiger partial charge in [-0.15, -0.1) is 0 Å². The molecule has 0 aliphatic carbocycles. The van der Waals surface area contributed by atoms with Gasteiger partial charge in [0.05, 0.1) is 46.1 Å². The van der Waals surface area contributed by atoms with Crippen molar-refractivity contribution in [3.05, 3.63) is 189 Å². The summed E-state index contributed by atoms with van der Waals surface area (Å²) in [6.07, 6.45) is 1.11. The van der Waals surface area contributed by atoms with Gasteiger partial charge < -0.3 is 32.8 Å². The number of H-pyrrole nitrogens is 1. The fraction of sp³-hybridized carbons (Fsp3) is 0.286. The van der Waals surface area contributed by atoms with Crippen LogP contribution in [0.4, 0.5) is 0 Å². The summed E-state index contributed by atoms with van der Waals surface area (Å²) in [5.41, 5.74) is 0.735. The third-order valence-electron chi connectivity index (χ3n) is 12.2. The highest BCUT2D eigenvalue weighted by Gasteiger charge is 2.39. The highest BCUT2D eigenvalue weighted by Crippen LogP contribution is 2.47. The molecule has 0 saturated carbocycles. The molecule has 1 aromatic heterocycles. The standard InChI is InChI=1S/C56H58N5O9P/c1-38(2)61(39(3)4)71(68-33-11-31-57)69-37-52(60-32-30-51(62)59-55(60)63)70-49(36-67-58-34-43-19-18-42-17-16-40-12-10-13-41-20-29-50(43)54(42)53(40)41)35-66-56(44-14-8-7-9-15-44,45-21-25-47(64-5)26-22-45)46-23-27-48(65-6)28-24-46/h7-10,12-30,32,34,38-39,49,52H,11,33,35-37H2,1-6H3,(H,59,62,63)/t49-,52-,71?/m1/s1. The maximum atomic E-state index is 13.7. The molecule has 366 valence electrons. The van der Waals surface area contributed by atoms with Crippen LogP contribution in [0.3, 0.4) is 0 Å². The van der Waals surface area contributed by atoms with E-state index in [1.54, 1.807) is 20.4 Å². The number of benzene rings is 7. The zero-order chi connectivity index (χ0) is 49.9. The second kappa shape index (κ2) is 23.3. The van der Waals surface area contributed by atoms with Crippen molar-refractivity contribution < 1.29 is 32.8 Å². The second-order valence-electron chi connectivity index (χ2n) is 17.4. The maximum absolute atomic E-state index is 13.7. The van der Waals surface area contributed by atoms with Gasteiger partial charge in [-0.1, -0.05) is 114 Å². The van der Waals surface area contributed by atoms with Gasteiger partial charge in [-0.25, -0.2) is 9.46 Å². The van der Waals surface area contributed by atoms with Crippen molar-refractivity contribution >= 4 is 47.1 Å². The normalized spacial score (nSPS) is 13.4. The number of ether oxygens (including phenoxy) is 4. The molecule has 1 heterocycles. The van der Waals surface area contributed by atoms with E-state index in [0.717, 1.165) is 49.2 Å². The van der Waals surface area contributed by atoms with Gasteiger partial charge >= 0.3 is 5.69 Å². The van der Waals surface area contributed by atoms with E-state index in [1.807, 2.05) is 113 Å². The number of methoxy groups -OCH3 is 2. The van der Waals surface area contributed by atoms with Crippen LogP contribution in [0.15, 0.2) is 160 Å². The number of hydrogen-bond acceptors (Lipinski definition) is 12. The van der Waals surface area contributed by atoms with E-state index in [2.05, 4.69) is 69.4 Å². The van der Waals surface area contributed by atoms with Crippen molar-refractivity contribution in [1.82, 2.24) is 14.2 Å². The van der Waals surface area contributed by atoms with E-state index in [1.165, 1.54) is 22.2 Å². The van der Waals surface area contributed by atoms with Crippen LogP contribution in [0, 0.1) is 11.3 Å². The maximum Gasteiger partial charge on any atom is 0.330 e. The van der Waals surface area contributed by atoms with Crippen LogP contribution < -0.4 is 20.7 Å². The molecule has 0 bridgehead atoms. The molecule has 0 spiro atoms. The Bertz CT molecular complexity index is 3120. The van der Waals surface area contributed by atoms with Crippen molar-refractivity contribution in [2.75, 3.05) is 40.6 Å². The topological polar surface area (TPSA) is 159 Å². The lowest BCUT2D eigenvalue weighted by Crippen LogP contribution is -2.41. The minimum Gasteiger partial charge on any atom is -0.497 e. The summed E-state index contributed by atoms with van der Waals surface area (Å²) in [7, 11) is 1.47. The molecule has 0 fully saturated rings. The molecule has 0 aliphatic heterocycles. The van der Waals surface area contributed by atoms with Crippen LogP contribution in [0.25, 0.3) is 32.3 Å². The number of aromatic amines is 1. The molecule has 14 nitrogen and oxygen atoms in total. The van der Waals surface area contributed by atoms with Crippen LogP contribution in [-0.2, 0) is 29.0 Å². The number of oxime groups is 1. The van der Waals surface area contributed by atoms with E-state index < -0.39 is 37.7 Å². The van der Waals surface area contributed by atoms with Crippen LogP contribution >= 0.6 is 8.53 Å². The first-order valence-electron chi connectivity index (χ1n) is 23.5. The Kier molecular flexibility index (Phi) is 16.6. The van der Waals surface area contributed by atoms with Gasteiger partial charge in [-0.3, -0.25) is 14.3 Å². The van der Waals surface area contributed by atoms with E-state index in [-0.39, 0.29) is 44.9 Å². The summed E-state index contributed by atoms with van der Waals surface area (Å²) < 4.78 is 41.6. The van der Waals surface area contributed by atoms with Crippen LogP contribution in [0.1, 0.15) is 62.6 Å². The zero-order valence-electron chi connectivity index (χ0n) is 40.7. The molecule has 1 N–H and O–H groups in total. The lowest BCUT2D eigenvalue weighted by Gasteiger charge is -2.38. The molecule has 1 unspecified atom stereocenters. The van der Waals surface area contributed by atoms with Gasteiger partial charge in [-0.2, -0.15) is 5.26 Å². The average molecular weight is 976 g/mol. The number of nitrogens with zero attached hydrogens (tertiary/aromatic N) is 4. The molecule has 0 aliphatic rings. The fourth-order valence-corrected chi connectivity index (χ4v) is 10.6. The molecule has 71 heavy (non-hydrogen) atoms. The van der Waals surface area contributed by atoms with Crippen molar-refractivity contribution in [2.45, 2.75) is 64.1 Å². The third kappa shape index (κ3) is 11.3. The number of hydrogen-bond donors (Lipinski definition) is 1. The SMILES string of the molecule is COc1ccc(C(OC[C@H](CON=Cc2ccc3ccc4cccc5ccc2c3c45)O[C@H](COP(OCCC#N)N(C(C)C)C(C)C)n2ccc(=O)[nH]c2=O)(c2ccccc2)c2ccc(OC)cc2)cc1. The Labute approximate surface area is 414 Å². The summed E-state index contributed by atoms with van der Waals surface area (Å²) in [4.78, 5) is 34.7. The summed E-state index contributed by atoms with van der Waals surface area (Å²) in [5.74, 6) is 1.34. The summed E-state index contributed by atoms with van der Waals surface area (Å²) in [6, 6.07) is 47.5. The van der Waals surface area contributed by atoms with Crippen molar-refractivity contribution in [1.29, 1.82) is 5.26 Å². The predicted molar refractivity (Wildman–Crippen MR) is 278 cm³/mol. The van der Waals surface area contributed by atoms with Crippen LogP contribution in [0.5, 0.6) is 11.5 Å². The molecular formula is C56H58N5O9P. The molecule has 0 radical (unpaired) electrons. The molecular weight excluding hydrogens is 918 g/mol. The molecule has 3 atom stereocenters. The Morgan fingerprint density at radius 2 is 1.31 bits per heavy atom. The quantitative estimate of drug-likeness (QED) is 0.0153. The molecule has 0 saturated heterocycles. The molecule has 8 rings (SSSR count). The summed E-state index contributed by atoms with van der Waals surface area (Å²) in [6.45, 7) is 7.80. The summed E-state index contributed by atoms with van der Waals surface area (Å²) >= 11 is 0. The van der Waals surface area contributed by atoms with Crippen LogP contribution in [-0.4, -0.2) is 79.3 Å². The first-order chi connectivity index (χ1) is 34.5. The van der Waals surface area contributed by atoms with Crippen molar-refractivity contribution in [3.63, 3.8) is 0 Å². The highest BCUT2D eigenvalue weighted by molar-refractivity contribution is 7.44. The van der Waals surface area contributed by atoms with Gasteiger partial charge in [0.25, 0.3) is 14.1 Å². The first-order valence-corrected chi connectivity index (χ1v) is 24.7. The number of nitrogens with one attached hydrogen (secondary N) is 1. The largest absolute Gasteiger partial charge is 0.497 e. The Morgan fingerprint density at radius 3 is 1.92 bits per heavy atom. The minimum absolute atomic E-state index is 0.00110. The monoisotopic (exact) mass is 975 g/mol. The van der Waals surface area contributed by atoms with Crippen molar-refractivity contribution in [2.24, 2.45) is 5.16 Å². The Morgan fingerprint density at radius 1 is 0.704 bits per heavy atom. The lowest BCUT2D eigenvalue weighted by molar-refractivity contribution is -0.144. The molecule has 8 aromatic rings. The second-order valence-corrected chi connectivity index (χ2v) is 18.9. The van der Waals surface area contributed by atoms with Gasteiger partial charge in [0, 0.05) is 29.9 Å². The van der Waals surface area contributed by atoms with Gasteiger partial charge in [-0.05, 0) is 101 Å². The van der Waals surface area contributed by atoms with E-state index in [0.29, 0.717) is 11.5 Å². The number of aromatic nitrogens is 2. The summed E-state index contributed by atoms with van der Waals surface area (Å²) in [5, 5.41) is 20.7. The highest BCUT2D eigenvalue weighted by atomic mass is 31.2. The van der Waals surface area contributed by atoms with Gasteiger partial charge in [0.2, 0.25) is 0 Å². The van der Waals surface area contributed by atoms with E-state index >= 15 is 0 Å². The minimum atomic E-state index is -1.77. The lowest BCUT2D eigenvalue weighted by atomic mass is 9.80. The third-order valence-corrected chi connectivity index (χ3v) is 14.3. The Balaban J connectivity index is 1.19.